The van der Waals surface area contributed by atoms with Gasteiger partial charge in [0.15, 0.2) is 0 Å². The predicted molar refractivity (Wildman–Crippen MR) is 67.1 cm³/mol. The van der Waals surface area contributed by atoms with Crippen molar-refractivity contribution in [2.75, 3.05) is 11.0 Å². The van der Waals surface area contributed by atoms with Crippen LogP contribution in [-0.4, -0.2) is 26.8 Å². The molecule has 0 radical (unpaired) electrons. The van der Waals surface area contributed by atoms with Gasteiger partial charge in [0.25, 0.3) is 5.91 Å². The summed E-state index contributed by atoms with van der Waals surface area (Å²) in [6, 6.07) is 0. The summed E-state index contributed by atoms with van der Waals surface area (Å²) < 4.78 is 1.18. The van der Waals surface area contributed by atoms with Crippen molar-refractivity contribution in [2.24, 2.45) is 0 Å². The fourth-order valence-electron chi connectivity index (χ4n) is 1.12. The molecule has 0 atom stereocenters. The Labute approximate surface area is 103 Å². The van der Waals surface area contributed by atoms with Gasteiger partial charge in [0.1, 0.15) is 6.33 Å². The Kier molecular flexibility index (Phi) is 6.22. The topological polar surface area (TPSA) is 54.9 Å². The molecule has 15 heavy (non-hydrogen) atoms. The van der Waals surface area contributed by atoms with Gasteiger partial charge in [0.2, 0.25) is 0 Å². The Morgan fingerprint density at radius 2 is 2.00 bits per heavy atom. The van der Waals surface area contributed by atoms with Crippen LogP contribution in [0.4, 0.5) is 0 Å². The molecule has 0 saturated carbocycles. The number of carbonyl (C=O) groups is 1. The minimum Gasteiger partial charge on any atom is -0.352 e. The van der Waals surface area contributed by atoms with E-state index in [0.717, 1.165) is 19.4 Å². The molecular weight excluding hydrogens is 305 g/mol. The molecule has 0 aliphatic rings. The Morgan fingerprint density at radius 3 is 2.67 bits per heavy atom. The number of nitrogens with one attached hydrogen (secondary N) is 1. The number of rotatable bonds is 6. The van der Waals surface area contributed by atoms with Crippen molar-refractivity contribution in [3.8, 4) is 0 Å². The quantitative estimate of drug-likeness (QED) is 0.494. The summed E-state index contributed by atoms with van der Waals surface area (Å²) in [4.78, 5) is 19.1. The van der Waals surface area contributed by atoms with Crippen LogP contribution in [0.15, 0.2) is 18.7 Å². The minimum absolute atomic E-state index is 0.0925. The number of unbranched alkanes of at least 4 members (excludes halogenated alkanes) is 2. The van der Waals surface area contributed by atoms with Crippen LogP contribution >= 0.6 is 22.6 Å². The largest absolute Gasteiger partial charge is 0.352 e. The summed E-state index contributed by atoms with van der Waals surface area (Å²) in [5.74, 6) is -0.0925. The van der Waals surface area contributed by atoms with Crippen LogP contribution in [0.5, 0.6) is 0 Å². The molecule has 0 aromatic carbocycles. The Bertz CT molecular complexity index is 292. The van der Waals surface area contributed by atoms with Crippen LogP contribution in [-0.2, 0) is 0 Å². The molecule has 0 saturated heterocycles. The highest BCUT2D eigenvalue weighted by Crippen LogP contribution is 1.98. The number of amides is 1. The van der Waals surface area contributed by atoms with E-state index in [1.807, 2.05) is 0 Å². The van der Waals surface area contributed by atoms with E-state index < -0.39 is 0 Å². The van der Waals surface area contributed by atoms with Gasteiger partial charge in [-0.3, -0.25) is 4.79 Å². The molecule has 0 fully saturated rings. The molecule has 1 aromatic heterocycles. The van der Waals surface area contributed by atoms with Gasteiger partial charge in [-0.25, -0.2) is 9.97 Å². The molecule has 1 rings (SSSR count). The first-order chi connectivity index (χ1) is 7.34. The Hall–Kier alpha value is -0.720. The van der Waals surface area contributed by atoms with Crippen LogP contribution in [0.3, 0.4) is 0 Å². The lowest BCUT2D eigenvalue weighted by atomic mass is 10.2. The van der Waals surface area contributed by atoms with E-state index in [9.17, 15) is 4.79 Å². The van der Waals surface area contributed by atoms with Gasteiger partial charge >= 0.3 is 0 Å². The summed E-state index contributed by atoms with van der Waals surface area (Å²) in [5.41, 5.74) is 0.520. The lowest BCUT2D eigenvalue weighted by molar-refractivity contribution is 0.0952. The van der Waals surface area contributed by atoms with Crippen LogP contribution in [0, 0.1) is 0 Å². The fraction of sp³-hybridized carbons (Fsp3) is 0.500. The van der Waals surface area contributed by atoms with E-state index in [0.29, 0.717) is 5.56 Å². The normalized spacial score (nSPS) is 9.93. The van der Waals surface area contributed by atoms with E-state index >= 15 is 0 Å². The SMILES string of the molecule is O=C(NCCCCCI)c1cncnc1. The molecule has 0 unspecified atom stereocenters. The standard InChI is InChI=1S/C10H14IN3O/c11-4-2-1-3-5-14-10(15)9-6-12-8-13-7-9/h6-8H,1-5H2,(H,14,15). The van der Waals surface area contributed by atoms with Gasteiger partial charge in [0.05, 0.1) is 5.56 Å². The first kappa shape index (κ1) is 12.4. The highest BCUT2D eigenvalue weighted by atomic mass is 127. The van der Waals surface area contributed by atoms with Crippen molar-refractivity contribution in [1.82, 2.24) is 15.3 Å². The molecule has 1 amide bonds. The first-order valence-corrected chi connectivity index (χ1v) is 6.46. The molecule has 0 aliphatic carbocycles. The monoisotopic (exact) mass is 319 g/mol. The fourth-order valence-corrected chi connectivity index (χ4v) is 1.66. The minimum atomic E-state index is -0.0925. The first-order valence-electron chi connectivity index (χ1n) is 4.94. The molecule has 5 heteroatoms. The van der Waals surface area contributed by atoms with Crippen LogP contribution in [0.2, 0.25) is 0 Å². The number of hydrogen-bond donors (Lipinski definition) is 1. The second kappa shape index (κ2) is 7.56. The van der Waals surface area contributed by atoms with Crippen molar-refractivity contribution in [3.63, 3.8) is 0 Å². The van der Waals surface area contributed by atoms with E-state index in [-0.39, 0.29) is 5.91 Å². The lowest BCUT2D eigenvalue weighted by Gasteiger charge is -2.03. The Balaban J connectivity index is 2.20. The summed E-state index contributed by atoms with van der Waals surface area (Å²) in [6.45, 7) is 0.727. The predicted octanol–water partition coefficient (Wildman–Crippen LogP) is 1.81. The molecule has 0 aliphatic heterocycles. The molecule has 4 nitrogen and oxygen atoms in total. The summed E-state index contributed by atoms with van der Waals surface area (Å²) in [6.07, 6.45) is 7.86. The molecule has 0 bridgehead atoms. The molecule has 1 heterocycles. The smallest absolute Gasteiger partial charge is 0.254 e. The molecule has 1 aromatic rings. The Morgan fingerprint density at radius 1 is 1.27 bits per heavy atom. The maximum atomic E-state index is 11.5. The van der Waals surface area contributed by atoms with Gasteiger partial charge in [-0.1, -0.05) is 29.0 Å². The van der Waals surface area contributed by atoms with E-state index in [4.69, 9.17) is 0 Å². The van der Waals surface area contributed by atoms with Crippen LogP contribution < -0.4 is 5.32 Å². The van der Waals surface area contributed by atoms with Crippen molar-refractivity contribution < 1.29 is 4.79 Å². The molecular formula is C10H14IN3O. The summed E-state index contributed by atoms with van der Waals surface area (Å²) in [5, 5.41) is 2.84. The molecule has 0 spiro atoms. The second-order valence-corrected chi connectivity index (χ2v) is 4.21. The number of carbonyl (C=O) groups excluding carboxylic acids is 1. The van der Waals surface area contributed by atoms with Gasteiger partial charge < -0.3 is 5.32 Å². The van der Waals surface area contributed by atoms with Crippen LogP contribution in [0.25, 0.3) is 0 Å². The summed E-state index contributed by atoms with van der Waals surface area (Å²) >= 11 is 2.36. The number of aromatic nitrogens is 2. The van der Waals surface area contributed by atoms with E-state index in [1.165, 1.54) is 29.6 Å². The highest BCUT2D eigenvalue weighted by Gasteiger charge is 2.03. The zero-order valence-corrected chi connectivity index (χ0v) is 10.6. The maximum absolute atomic E-state index is 11.5. The van der Waals surface area contributed by atoms with E-state index in [2.05, 4.69) is 37.9 Å². The van der Waals surface area contributed by atoms with Gasteiger partial charge in [-0.15, -0.1) is 0 Å². The molecule has 1 N–H and O–H groups in total. The summed E-state index contributed by atoms with van der Waals surface area (Å²) in [7, 11) is 0. The lowest BCUT2D eigenvalue weighted by Crippen LogP contribution is -2.24. The van der Waals surface area contributed by atoms with Crippen LogP contribution in [0.1, 0.15) is 29.6 Å². The second-order valence-electron chi connectivity index (χ2n) is 3.13. The highest BCUT2D eigenvalue weighted by molar-refractivity contribution is 14.1. The maximum Gasteiger partial charge on any atom is 0.254 e. The van der Waals surface area contributed by atoms with Crippen molar-refractivity contribution in [2.45, 2.75) is 19.3 Å². The number of halogens is 1. The third-order valence-electron chi connectivity index (χ3n) is 1.92. The van der Waals surface area contributed by atoms with Gasteiger partial charge in [-0.05, 0) is 17.3 Å². The number of alkyl halides is 1. The van der Waals surface area contributed by atoms with Gasteiger partial charge in [-0.2, -0.15) is 0 Å². The number of nitrogens with zero attached hydrogens (tertiary/aromatic N) is 2. The van der Waals surface area contributed by atoms with Gasteiger partial charge in [0, 0.05) is 18.9 Å². The third-order valence-corrected chi connectivity index (χ3v) is 2.68. The average molecular weight is 319 g/mol. The van der Waals surface area contributed by atoms with Crippen molar-refractivity contribution in [1.29, 1.82) is 0 Å². The average Bonchev–Trinajstić information content (AvgIpc) is 2.30. The molecule has 82 valence electrons. The van der Waals surface area contributed by atoms with Crippen molar-refractivity contribution >= 4 is 28.5 Å². The zero-order chi connectivity index (χ0) is 10.9. The zero-order valence-electron chi connectivity index (χ0n) is 8.45. The third kappa shape index (κ3) is 5.06. The number of hydrogen-bond acceptors (Lipinski definition) is 3. The van der Waals surface area contributed by atoms with E-state index in [1.54, 1.807) is 0 Å². The van der Waals surface area contributed by atoms with Crippen molar-refractivity contribution in [3.05, 3.63) is 24.3 Å².